The molecule has 0 aromatic rings. The Bertz CT molecular complexity index is 2710. The molecule has 0 amide bonds. The van der Waals surface area contributed by atoms with Gasteiger partial charge in [0.05, 0.1) is 26.4 Å². The van der Waals surface area contributed by atoms with Crippen LogP contribution in [0.15, 0.2) is 182 Å². The van der Waals surface area contributed by atoms with Crippen molar-refractivity contribution in [3.63, 3.8) is 0 Å². The predicted molar refractivity (Wildman–Crippen MR) is 454 cm³/mol. The molecule has 0 aromatic carbocycles. The van der Waals surface area contributed by atoms with Gasteiger partial charge in [0.2, 0.25) is 0 Å². The third-order valence-electron chi connectivity index (χ3n) is 17.1. The van der Waals surface area contributed by atoms with E-state index in [9.17, 15) is 43.5 Å². The zero-order chi connectivity index (χ0) is 79.4. The molecule has 0 aromatic heterocycles. The molecule has 5 unspecified atom stereocenters. The van der Waals surface area contributed by atoms with Gasteiger partial charge in [-0.3, -0.25) is 32.5 Å². The molecule has 0 heterocycles. The van der Waals surface area contributed by atoms with E-state index in [1.165, 1.54) is 103 Å². The average Bonchev–Trinajstić information content (AvgIpc) is 0.902. The van der Waals surface area contributed by atoms with Crippen molar-refractivity contribution in [2.75, 3.05) is 39.6 Å². The second-order valence-electron chi connectivity index (χ2n) is 27.5. The Balaban J connectivity index is 4.63. The van der Waals surface area contributed by atoms with Crippen molar-refractivity contribution in [1.82, 2.24) is 0 Å². The summed E-state index contributed by atoms with van der Waals surface area (Å²) in [5.74, 6) is -1.66. The molecule has 18 heteroatoms. The van der Waals surface area contributed by atoms with Crippen LogP contribution in [-0.2, 0) is 55.8 Å². The third kappa shape index (κ3) is 83.4. The molecule has 0 fully saturated rings. The summed E-state index contributed by atoms with van der Waals surface area (Å²) in [6.07, 6.45) is 107. The standard InChI is InChI=1S/C91H150O16P2/c1-4-7-10-13-16-19-22-25-28-31-34-37-38-39-40-41-42-43-44-45-46-49-51-53-56-59-62-65-68-71-74-77-89(94)101-80-86(92)81-103-108(97,98)104-82-87(93)83-105-109(99,100)106-85-88(107-91(96)79-76-73-70-67-64-61-58-55-52-48-36-33-30-27-24-21-18-15-12-9-6-3)84-102-90(95)78-75-72-69-66-63-60-57-54-50-47-35-32-29-26-23-20-17-14-11-8-5-2/h8-9,11-12,16-21,25-30,34-37,39-40,47-48,54-55,57-58,63,66,86-88,92-93H,4-7,10,13-15,22-24,31-33,38,41-46,49-53,56,59-62,64-65,67-85H2,1-3H3,(H,97,98)(H,99,100)/b11-8-,12-9-,19-16-,20-17-,21-18-,28-25-,29-26-,30-27-,37-34-,40-39-,47-35-,48-36-,57-54-,58-55-,66-63-. The first-order chi connectivity index (χ1) is 53.2. The number of allylic oxidation sites excluding steroid dienone is 30. The molecule has 0 saturated carbocycles. The molecule has 0 aliphatic heterocycles. The first kappa shape index (κ1) is 104. The number of carbonyl (C=O) groups is 3. The molecule has 109 heavy (non-hydrogen) atoms. The van der Waals surface area contributed by atoms with Gasteiger partial charge in [0.1, 0.15) is 25.4 Å². The number of aliphatic hydroxyl groups is 2. The van der Waals surface area contributed by atoms with E-state index >= 15 is 0 Å². The van der Waals surface area contributed by atoms with Crippen LogP contribution in [0.2, 0.25) is 0 Å². The highest BCUT2D eigenvalue weighted by Crippen LogP contribution is 2.45. The van der Waals surface area contributed by atoms with Gasteiger partial charge in [-0.15, -0.1) is 0 Å². The van der Waals surface area contributed by atoms with Crippen LogP contribution in [0, 0.1) is 0 Å². The van der Waals surface area contributed by atoms with E-state index < -0.39 is 91.5 Å². The fourth-order valence-corrected chi connectivity index (χ4v) is 12.3. The lowest BCUT2D eigenvalue weighted by molar-refractivity contribution is -0.161. The van der Waals surface area contributed by atoms with Crippen LogP contribution in [0.4, 0.5) is 0 Å². The number of carbonyl (C=O) groups excluding carboxylic acids is 3. The normalized spacial score (nSPS) is 14.8. The summed E-state index contributed by atoms with van der Waals surface area (Å²) in [6, 6.07) is 0. The van der Waals surface area contributed by atoms with Gasteiger partial charge in [0, 0.05) is 19.3 Å². The van der Waals surface area contributed by atoms with Crippen LogP contribution in [-0.4, -0.2) is 95.9 Å². The molecule has 4 N–H and O–H groups in total. The summed E-state index contributed by atoms with van der Waals surface area (Å²) < 4.78 is 61.2. The topological polar surface area (TPSA) is 231 Å². The summed E-state index contributed by atoms with van der Waals surface area (Å²) in [4.78, 5) is 58.8. The second-order valence-corrected chi connectivity index (χ2v) is 30.4. The minimum Gasteiger partial charge on any atom is -0.463 e. The molecule has 0 spiro atoms. The van der Waals surface area contributed by atoms with Crippen molar-refractivity contribution >= 4 is 33.6 Å². The van der Waals surface area contributed by atoms with Crippen molar-refractivity contribution in [2.45, 2.75) is 334 Å². The molecular weight excluding hydrogens is 1410 g/mol. The summed E-state index contributed by atoms with van der Waals surface area (Å²) in [5, 5.41) is 20.7. The quantitative estimate of drug-likeness (QED) is 0.0146. The molecular formula is C91H150O16P2. The van der Waals surface area contributed by atoms with Gasteiger partial charge in [-0.1, -0.05) is 319 Å². The number of unbranched alkanes of at least 4 members (excludes halogenated alkanes) is 25. The number of phosphoric acid groups is 2. The van der Waals surface area contributed by atoms with Crippen molar-refractivity contribution in [2.24, 2.45) is 0 Å². The van der Waals surface area contributed by atoms with Gasteiger partial charge in [-0.2, -0.15) is 0 Å². The molecule has 0 aliphatic rings. The van der Waals surface area contributed by atoms with Gasteiger partial charge < -0.3 is 34.2 Å². The van der Waals surface area contributed by atoms with E-state index in [4.69, 9.17) is 32.3 Å². The highest BCUT2D eigenvalue weighted by molar-refractivity contribution is 7.47. The van der Waals surface area contributed by atoms with Crippen molar-refractivity contribution < 1.29 is 75.8 Å². The summed E-state index contributed by atoms with van der Waals surface area (Å²) >= 11 is 0. The Morgan fingerprint density at radius 1 is 0.266 bits per heavy atom. The van der Waals surface area contributed by atoms with E-state index in [1.807, 2.05) is 0 Å². The number of phosphoric ester groups is 2. The van der Waals surface area contributed by atoms with Crippen LogP contribution in [0.5, 0.6) is 0 Å². The Hall–Kier alpha value is -5.35. The number of rotatable bonds is 78. The van der Waals surface area contributed by atoms with Crippen LogP contribution < -0.4 is 0 Å². The maximum absolute atomic E-state index is 13.0. The highest BCUT2D eigenvalue weighted by Gasteiger charge is 2.29. The third-order valence-corrected chi connectivity index (χ3v) is 19.0. The molecule has 0 aliphatic carbocycles. The Morgan fingerprint density at radius 2 is 0.486 bits per heavy atom. The fraction of sp³-hybridized carbons (Fsp3) is 0.637. The number of esters is 3. The van der Waals surface area contributed by atoms with E-state index in [0.29, 0.717) is 19.3 Å². The van der Waals surface area contributed by atoms with E-state index in [2.05, 4.69) is 203 Å². The number of hydrogen-bond donors (Lipinski definition) is 4. The molecule has 0 rings (SSSR count). The molecule has 620 valence electrons. The lowest BCUT2D eigenvalue weighted by Crippen LogP contribution is -2.30. The molecule has 0 bridgehead atoms. The van der Waals surface area contributed by atoms with E-state index in [1.54, 1.807) is 0 Å². The lowest BCUT2D eigenvalue weighted by Gasteiger charge is -2.21. The number of ether oxygens (including phenoxy) is 3. The van der Waals surface area contributed by atoms with Gasteiger partial charge in [0.15, 0.2) is 6.10 Å². The maximum atomic E-state index is 13.0. The smallest absolute Gasteiger partial charge is 0.463 e. The Morgan fingerprint density at radius 3 is 0.789 bits per heavy atom. The van der Waals surface area contributed by atoms with E-state index in [-0.39, 0.29) is 19.3 Å². The van der Waals surface area contributed by atoms with Gasteiger partial charge >= 0.3 is 33.6 Å². The monoisotopic (exact) mass is 1560 g/mol. The largest absolute Gasteiger partial charge is 0.472 e. The summed E-state index contributed by atoms with van der Waals surface area (Å²) in [7, 11) is -9.83. The fourth-order valence-electron chi connectivity index (χ4n) is 10.8. The lowest BCUT2D eigenvalue weighted by atomic mass is 10.0. The van der Waals surface area contributed by atoms with E-state index in [0.717, 1.165) is 154 Å². The average molecular weight is 1560 g/mol. The Kier molecular flexibility index (Phi) is 78.1. The van der Waals surface area contributed by atoms with Crippen LogP contribution >= 0.6 is 15.6 Å². The number of hydrogen-bond acceptors (Lipinski definition) is 14. The summed E-state index contributed by atoms with van der Waals surface area (Å²) in [6.45, 7) is 2.35. The highest BCUT2D eigenvalue weighted by atomic mass is 31.2. The minimum atomic E-state index is -4.96. The zero-order valence-electron chi connectivity index (χ0n) is 67.9. The predicted octanol–water partition coefficient (Wildman–Crippen LogP) is 25.3. The van der Waals surface area contributed by atoms with Crippen molar-refractivity contribution in [1.29, 1.82) is 0 Å². The number of aliphatic hydroxyl groups excluding tert-OH is 2. The molecule has 16 nitrogen and oxygen atoms in total. The van der Waals surface area contributed by atoms with Gasteiger partial charge in [-0.25, -0.2) is 9.13 Å². The SMILES string of the molecule is CC/C=C\C/C=C\C/C=C\C/C=C\C/C=C\C/C=C\CCCCC(=O)OCC(COP(=O)(O)OCC(O)COP(=O)(O)OCC(O)COC(=O)CCCCCCCCCCCCCCCCC/C=C\C/C=C\C/C=C\C/C=C\CCCCC)OC(=O)CCCCCCC/C=C\C/C=C\C/C=C\C/C=C\C/C=C\CC. The van der Waals surface area contributed by atoms with Crippen LogP contribution in [0.3, 0.4) is 0 Å². The van der Waals surface area contributed by atoms with Crippen LogP contribution in [0.25, 0.3) is 0 Å². The molecule has 5 atom stereocenters. The Labute approximate surface area is 662 Å². The first-order valence-corrected chi connectivity index (χ1v) is 45.1. The second kappa shape index (κ2) is 82.1. The summed E-state index contributed by atoms with van der Waals surface area (Å²) in [5.41, 5.74) is 0. The van der Waals surface area contributed by atoms with Crippen LogP contribution in [0.1, 0.15) is 316 Å². The van der Waals surface area contributed by atoms with Gasteiger partial charge in [0.25, 0.3) is 0 Å². The van der Waals surface area contributed by atoms with Crippen molar-refractivity contribution in [3.8, 4) is 0 Å². The van der Waals surface area contributed by atoms with Gasteiger partial charge in [-0.05, 0) is 161 Å². The van der Waals surface area contributed by atoms with Crippen molar-refractivity contribution in [3.05, 3.63) is 182 Å². The molecule has 0 saturated heterocycles. The maximum Gasteiger partial charge on any atom is 0.472 e. The zero-order valence-corrected chi connectivity index (χ0v) is 69.7. The minimum absolute atomic E-state index is 0.0651. The first-order valence-electron chi connectivity index (χ1n) is 42.1. The molecule has 0 radical (unpaired) electrons.